The Morgan fingerprint density at radius 1 is 1.50 bits per heavy atom. The number of aromatic nitrogens is 1. The number of halogens is 1. The second-order valence-electron chi connectivity index (χ2n) is 5.34. The third kappa shape index (κ3) is 3.69. The van der Waals surface area contributed by atoms with Crippen molar-refractivity contribution in [1.29, 1.82) is 0 Å². The van der Waals surface area contributed by atoms with Crippen molar-refractivity contribution in [3.63, 3.8) is 0 Å². The maximum atomic E-state index is 10.7. The highest BCUT2D eigenvalue weighted by Gasteiger charge is 2.23. The maximum absolute atomic E-state index is 10.7. The van der Waals surface area contributed by atoms with Gasteiger partial charge in [-0.15, -0.1) is 0 Å². The number of nitrogens with one attached hydrogen (secondary N) is 1. The first kappa shape index (κ1) is 15.2. The smallest absolute Gasteiger partial charge is 0.288 e. The Morgan fingerprint density at radius 3 is 2.75 bits per heavy atom. The van der Waals surface area contributed by atoms with Crippen molar-refractivity contribution in [2.45, 2.75) is 51.5 Å². The molecule has 0 spiro atoms. The zero-order valence-corrected chi connectivity index (χ0v) is 13.2. The van der Waals surface area contributed by atoms with Crippen LogP contribution in [-0.2, 0) is 0 Å². The molecule has 1 heterocycles. The second kappa shape index (κ2) is 7.02. The molecule has 0 saturated heterocycles. The van der Waals surface area contributed by atoms with E-state index in [0.717, 1.165) is 6.42 Å². The molecule has 1 saturated carbocycles. The zero-order valence-electron chi connectivity index (χ0n) is 11.6. The summed E-state index contributed by atoms with van der Waals surface area (Å²) in [6, 6.07) is 1.89. The van der Waals surface area contributed by atoms with E-state index in [1.807, 2.05) is 0 Å². The predicted molar refractivity (Wildman–Crippen MR) is 82.9 cm³/mol. The van der Waals surface area contributed by atoms with Crippen LogP contribution in [0.2, 0.25) is 0 Å². The molecule has 1 unspecified atom stereocenters. The lowest BCUT2D eigenvalue weighted by Gasteiger charge is -2.30. The first-order valence-corrected chi connectivity index (χ1v) is 7.97. The van der Waals surface area contributed by atoms with Gasteiger partial charge >= 0.3 is 0 Å². The Morgan fingerprint density at radius 2 is 2.20 bits per heavy atom. The first-order valence-electron chi connectivity index (χ1n) is 7.18. The highest BCUT2D eigenvalue weighted by atomic mass is 79.9. The summed E-state index contributed by atoms with van der Waals surface area (Å²) >= 11 is 3.37. The largest absolute Gasteiger partial charge is 0.366 e. The van der Waals surface area contributed by atoms with Crippen molar-refractivity contribution < 1.29 is 4.92 Å². The highest BCUT2D eigenvalue weighted by molar-refractivity contribution is 9.10. The standard InChI is InChI=1S/C14H20BrN3O2/c1-2-13(10-6-4-3-5-7-10)17-14-12(15)8-11(9-16-14)18(19)20/h8-10,13H,2-7H2,1H3,(H,16,17). The number of pyridine rings is 1. The summed E-state index contributed by atoms with van der Waals surface area (Å²) < 4.78 is 0.654. The number of rotatable bonds is 5. The topological polar surface area (TPSA) is 68.1 Å². The monoisotopic (exact) mass is 341 g/mol. The molecule has 5 nitrogen and oxygen atoms in total. The Balaban J connectivity index is 2.08. The van der Waals surface area contributed by atoms with Crippen LogP contribution in [0.1, 0.15) is 45.4 Å². The van der Waals surface area contributed by atoms with Gasteiger partial charge in [-0.1, -0.05) is 26.2 Å². The normalized spacial score (nSPS) is 17.7. The molecule has 1 N–H and O–H groups in total. The lowest BCUT2D eigenvalue weighted by molar-refractivity contribution is -0.385. The molecule has 1 atom stereocenters. The summed E-state index contributed by atoms with van der Waals surface area (Å²) in [5.41, 5.74) is 0.00754. The summed E-state index contributed by atoms with van der Waals surface area (Å²) in [6.45, 7) is 2.17. The number of nitrogens with zero attached hydrogens (tertiary/aromatic N) is 2. The third-order valence-corrected chi connectivity index (χ3v) is 4.62. The molecular formula is C14H20BrN3O2. The van der Waals surface area contributed by atoms with Gasteiger partial charge < -0.3 is 5.32 Å². The van der Waals surface area contributed by atoms with Gasteiger partial charge in [0.15, 0.2) is 0 Å². The summed E-state index contributed by atoms with van der Waals surface area (Å²) in [7, 11) is 0. The fraction of sp³-hybridized carbons (Fsp3) is 0.643. The van der Waals surface area contributed by atoms with Crippen LogP contribution in [0.3, 0.4) is 0 Å². The van der Waals surface area contributed by atoms with Gasteiger partial charge in [0.1, 0.15) is 12.0 Å². The van der Waals surface area contributed by atoms with Crippen LogP contribution in [0.15, 0.2) is 16.7 Å². The molecule has 1 aromatic rings. The van der Waals surface area contributed by atoms with Gasteiger partial charge in [-0.3, -0.25) is 10.1 Å². The van der Waals surface area contributed by atoms with Crippen LogP contribution in [0.4, 0.5) is 11.5 Å². The number of hydrogen-bond acceptors (Lipinski definition) is 4. The first-order chi connectivity index (χ1) is 9.61. The Bertz CT molecular complexity index is 475. The van der Waals surface area contributed by atoms with E-state index >= 15 is 0 Å². The molecule has 1 aliphatic rings. The number of nitro groups is 1. The van der Waals surface area contributed by atoms with Crippen molar-refractivity contribution in [1.82, 2.24) is 4.98 Å². The van der Waals surface area contributed by atoms with E-state index in [9.17, 15) is 10.1 Å². The highest BCUT2D eigenvalue weighted by Crippen LogP contribution is 2.31. The van der Waals surface area contributed by atoms with E-state index in [1.54, 1.807) is 0 Å². The van der Waals surface area contributed by atoms with E-state index in [2.05, 4.69) is 33.2 Å². The Labute approximate surface area is 127 Å². The van der Waals surface area contributed by atoms with E-state index in [0.29, 0.717) is 22.3 Å². The number of hydrogen-bond donors (Lipinski definition) is 1. The molecule has 0 bridgehead atoms. The molecule has 0 amide bonds. The average Bonchev–Trinajstić information content (AvgIpc) is 2.46. The average molecular weight is 342 g/mol. The van der Waals surface area contributed by atoms with Gasteiger partial charge in [-0.25, -0.2) is 4.98 Å². The predicted octanol–water partition coefficient (Wildman–Crippen LogP) is 4.52. The Hall–Kier alpha value is -1.17. The van der Waals surface area contributed by atoms with Crippen LogP contribution in [0, 0.1) is 16.0 Å². The van der Waals surface area contributed by atoms with Crippen molar-refractivity contribution in [2.75, 3.05) is 5.32 Å². The minimum absolute atomic E-state index is 0.00754. The lowest BCUT2D eigenvalue weighted by atomic mass is 9.83. The fourth-order valence-electron chi connectivity index (χ4n) is 2.90. The van der Waals surface area contributed by atoms with Gasteiger partial charge in [0.25, 0.3) is 5.69 Å². The fourth-order valence-corrected chi connectivity index (χ4v) is 3.35. The minimum atomic E-state index is -0.431. The van der Waals surface area contributed by atoms with E-state index in [1.165, 1.54) is 44.4 Å². The van der Waals surface area contributed by atoms with Crippen LogP contribution < -0.4 is 5.32 Å². The minimum Gasteiger partial charge on any atom is -0.366 e. The summed E-state index contributed by atoms with van der Waals surface area (Å²) in [4.78, 5) is 14.5. The SMILES string of the molecule is CCC(Nc1ncc([N+](=O)[O-])cc1Br)C1CCCCC1. The molecule has 1 aliphatic carbocycles. The molecule has 1 aromatic heterocycles. The van der Waals surface area contributed by atoms with Crippen molar-refractivity contribution in [3.05, 3.63) is 26.9 Å². The van der Waals surface area contributed by atoms with Crippen LogP contribution >= 0.6 is 15.9 Å². The quantitative estimate of drug-likeness (QED) is 0.631. The maximum Gasteiger partial charge on any atom is 0.288 e. The van der Waals surface area contributed by atoms with Crippen molar-refractivity contribution in [2.24, 2.45) is 5.92 Å². The Kier molecular flexibility index (Phi) is 5.34. The van der Waals surface area contributed by atoms with E-state index in [4.69, 9.17) is 0 Å². The molecular weight excluding hydrogens is 322 g/mol. The molecule has 110 valence electrons. The number of anilines is 1. The summed E-state index contributed by atoms with van der Waals surface area (Å²) in [5, 5.41) is 14.2. The van der Waals surface area contributed by atoms with Gasteiger partial charge in [-0.2, -0.15) is 0 Å². The lowest BCUT2D eigenvalue weighted by Crippen LogP contribution is -2.30. The van der Waals surface area contributed by atoms with Crippen molar-refractivity contribution >= 4 is 27.4 Å². The van der Waals surface area contributed by atoms with Gasteiger partial charge in [0, 0.05) is 12.1 Å². The van der Waals surface area contributed by atoms with E-state index < -0.39 is 4.92 Å². The van der Waals surface area contributed by atoms with Crippen LogP contribution in [-0.4, -0.2) is 15.9 Å². The second-order valence-corrected chi connectivity index (χ2v) is 6.19. The molecule has 0 aliphatic heterocycles. The summed E-state index contributed by atoms with van der Waals surface area (Å²) in [6.07, 6.45) is 8.81. The van der Waals surface area contributed by atoms with Crippen molar-refractivity contribution in [3.8, 4) is 0 Å². The molecule has 20 heavy (non-hydrogen) atoms. The summed E-state index contributed by atoms with van der Waals surface area (Å²) in [5.74, 6) is 1.38. The molecule has 0 aromatic carbocycles. The van der Waals surface area contributed by atoms with Gasteiger partial charge in [0.2, 0.25) is 0 Å². The zero-order chi connectivity index (χ0) is 14.5. The van der Waals surface area contributed by atoms with Crippen LogP contribution in [0.25, 0.3) is 0 Å². The third-order valence-electron chi connectivity index (χ3n) is 4.02. The molecule has 2 rings (SSSR count). The van der Waals surface area contributed by atoms with Gasteiger partial charge in [-0.05, 0) is 41.1 Å². The molecule has 6 heteroatoms. The molecule has 0 radical (unpaired) electrons. The molecule has 1 fully saturated rings. The van der Waals surface area contributed by atoms with Gasteiger partial charge in [0.05, 0.1) is 9.40 Å². The van der Waals surface area contributed by atoms with E-state index in [-0.39, 0.29) is 5.69 Å². The van der Waals surface area contributed by atoms with Crippen LogP contribution in [0.5, 0.6) is 0 Å².